The van der Waals surface area contributed by atoms with Crippen molar-refractivity contribution in [2.45, 2.75) is 85.4 Å². The van der Waals surface area contributed by atoms with Crippen LogP contribution in [0.1, 0.15) is 76.9 Å². The van der Waals surface area contributed by atoms with Gasteiger partial charge < -0.3 is 14.2 Å². The summed E-state index contributed by atoms with van der Waals surface area (Å²) in [7, 11) is 0. The predicted octanol–water partition coefficient (Wildman–Crippen LogP) is 6.80. The molecule has 0 aliphatic carbocycles. The molecule has 0 spiro atoms. The van der Waals surface area contributed by atoms with Gasteiger partial charge in [0.05, 0.1) is 10.7 Å². The van der Waals surface area contributed by atoms with Gasteiger partial charge in [-0.3, -0.25) is 9.67 Å². The molecule has 190 valence electrons. The summed E-state index contributed by atoms with van der Waals surface area (Å²) in [5, 5.41) is 5.04. The summed E-state index contributed by atoms with van der Waals surface area (Å²) in [6, 6.07) is 8.20. The van der Waals surface area contributed by atoms with Crippen molar-refractivity contribution in [3.05, 3.63) is 51.8 Å². The number of hydrogen-bond donors (Lipinski definition) is 0. The lowest BCUT2D eigenvalue weighted by molar-refractivity contribution is -0.0215. The molecule has 2 unspecified atom stereocenters. The first kappa shape index (κ1) is 26.8. The molecule has 0 amide bonds. The molecule has 3 rings (SSSR count). The zero-order valence-electron chi connectivity index (χ0n) is 21.7. The Bertz CT molecular complexity index is 1090. The van der Waals surface area contributed by atoms with Gasteiger partial charge in [-0.05, 0) is 43.7 Å². The Hall–Kier alpha value is -2.80. The third-order valence-electron chi connectivity index (χ3n) is 5.84. The van der Waals surface area contributed by atoms with Gasteiger partial charge in [0.25, 0.3) is 0 Å². The second-order valence-corrected chi connectivity index (χ2v) is 10.1. The minimum absolute atomic E-state index is 0.0299. The summed E-state index contributed by atoms with van der Waals surface area (Å²) in [5.74, 6) is 0.484. The molecule has 1 aromatic carbocycles. The Morgan fingerprint density at radius 1 is 1.17 bits per heavy atom. The summed E-state index contributed by atoms with van der Waals surface area (Å²) in [5.41, 5.74) is 4.37. The Morgan fingerprint density at radius 2 is 1.83 bits per heavy atom. The fourth-order valence-corrected chi connectivity index (χ4v) is 4.08. The second kappa shape index (κ2) is 11.3. The molecule has 2 aromatic rings. The van der Waals surface area contributed by atoms with Gasteiger partial charge in [-0.15, -0.1) is 0 Å². The van der Waals surface area contributed by atoms with Crippen LogP contribution in [0.3, 0.4) is 0 Å². The number of carbonyl (C=O) groups excluding carboxylic acids is 1. The lowest BCUT2D eigenvalue weighted by Gasteiger charge is -2.21. The molecule has 2 atom stereocenters. The standard InChI is InChI=1S/C27H36ClN3O4/c1-8-10-17(3)35-26(32)34-16-33-25(24-23(28)18(4)30-31(24)9-2)22(21-15-29-21)19-11-13-20(14-12-19)27(5,6)7/h11-15,17,21H,8-10,16H2,1-7H3/b25-22+. The summed E-state index contributed by atoms with van der Waals surface area (Å²) in [6.45, 7) is 14.5. The number of benzene rings is 1. The van der Waals surface area contributed by atoms with Crippen molar-refractivity contribution in [3.8, 4) is 0 Å². The number of aryl methyl sites for hydroxylation is 2. The molecule has 1 aliphatic rings. The highest BCUT2D eigenvalue weighted by Gasteiger charge is 2.31. The van der Waals surface area contributed by atoms with Crippen LogP contribution in [-0.2, 0) is 26.2 Å². The highest BCUT2D eigenvalue weighted by molar-refractivity contribution is 6.33. The smallest absolute Gasteiger partial charge is 0.454 e. The number of hydrogen-bond acceptors (Lipinski definition) is 6. The van der Waals surface area contributed by atoms with Crippen molar-refractivity contribution in [1.82, 2.24) is 9.78 Å². The number of nitrogens with zero attached hydrogens (tertiary/aromatic N) is 3. The van der Waals surface area contributed by atoms with Gasteiger partial charge in [-0.2, -0.15) is 5.10 Å². The molecule has 0 N–H and O–H groups in total. The monoisotopic (exact) mass is 501 g/mol. The van der Waals surface area contributed by atoms with Crippen molar-refractivity contribution in [1.29, 1.82) is 0 Å². The lowest BCUT2D eigenvalue weighted by Crippen LogP contribution is -2.18. The van der Waals surface area contributed by atoms with E-state index in [1.165, 1.54) is 5.56 Å². The zero-order chi connectivity index (χ0) is 25.8. The van der Waals surface area contributed by atoms with E-state index in [2.05, 4.69) is 55.1 Å². The molecule has 7 nitrogen and oxygen atoms in total. The first-order chi connectivity index (χ1) is 16.6. The second-order valence-electron chi connectivity index (χ2n) is 9.75. The molecule has 1 aliphatic heterocycles. The van der Waals surface area contributed by atoms with E-state index in [4.69, 9.17) is 25.8 Å². The van der Waals surface area contributed by atoms with Gasteiger partial charge in [0.2, 0.25) is 6.79 Å². The minimum atomic E-state index is -0.768. The Balaban J connectivity index is 1.99. The highest BCUT2D eigenvalue weighted by Crippen LogP contribution is 2.38. The van der Waals surface area contributed by atoms with Crippen LogP contribution in [0, 0.1) is 6.92 Å². The van der Waals surface area contributed by atoms with E-state index >= 15 is 0 Å². The number of rotatable bonds is 10. The van der Waals surface area contributed by atoms with E-state index < -0.39 is 6.16 Å². The predicted molar refractivity (Wildman–Crippen MR) is 140 cm³/mol. The van der Waals surface area contributed by atoms with Crippen molar-refractivity contribution >= 4 is 35.3 Å². The van der Waals surface area contributed by atoms with E-state index in [-0.39, 0.29) is 24.4 Å². The van der Waals surface area contributed by atoms with Crippen LogP contribution in [0.2, 0.25) is 5.02 Å². The number of ether oxygens (including phenoxy) is 3. The third kappa shape index (κ3) is 6.66. The zero-order valence-corrected chi connectivity index (χ0v) is 22.5. The molecule has 2 heterocycles. The molecule has 8 heteroatoms. The van der Waals surface area contributed by atoms with E-state index in [1.807, 2.05) is 33.9 Å². The molecule has 0 saturated heterocycles. The van der Waals surface area contributed by atoms with Crippen molar-refractivity contribution in [3.63, 3.8) is 0 Å². The first-order valence-electron chi connectivity index (χ1n) is 12.1. The molecular weight excluding hydrogens is 466 g/mol. The minimum Gasteiger partial charge on any atom is -0.454 e. The van der Waals surface area contributed by atoms with Crippen molar-refractivity contribution in [2.75, 3.05) is 6.79 Å². The molecule has 35 heavy (non-hydrogen) atoms. The number of aliphatic imine (C=N–C) groups is 1. The summed E-state index contributed by atoms with van der Waals surface area (Å²) in [4.78, 5) is 16.6. The van der Waals surface area contributed by atoms with E-state index in [1.54, 1.807) is 4.68 Å². The fourth-order valence-electron chi connectivity index (χ4n) is 3.86. The maximum absolute atomic E-state index is 12.1. The molecular formula is C27H36ClN3O4. The van der Waals surface area contributed by atoms with Crippen molar-refractivity contribution in [2.24, 2.45) is 4.99 Å². The van der Waals surface area contributed by atoms with Gasteiger partial charge >= 0.3 is 6.16 Å². The van der Waals surface area contributed by atoms with Crippen LogP contribution in [0.5, 0.6) is 0 Å². The first-order valence-corrected chi connectivity index (χ1v) is 12.5. The maximum Gasteiger partial charge on any atom is 0.511 e. The lowest BCUT2D eigenvalue weighted by atomic mass is 9.86. The van der Waals surface area contributed by atoms with Crippen LogP contribution in [0.25, 0.3) is 11.3 Å². The van der Waals surface area contributed by atoms with Gasteiger partial charge in [0.1, 0.15) is 17.8 Å². The summed E-state index contributed by atoms with van der Waals surface area (Å²) >= 11 is 6.70. The average Bonchev–Trinajstić information content (AvgIpc) is 3.58. The maximum atomic E-state index is 12.1. The largest absolute Gasteiger partial charge is 0.511 e. The van der Waals surface area contributed by atoms with Crippen molar-refractivity contribution < 1.29 is 19.0 Å². The number of carbonyl (C=O) groups is 1. The normalized spacial score (nSPS) is 16.5. The van der Waals surface area contributed by atoms with Crippen LogP contribution >= 0.6 is 11.6 Å². The van der Waals surface area contributed by atoms with Gasteiger partial charge in [-0.1, -0.05) is 70.0 Å². The fraction of sp³-hybridized carbons (Fsp3) is 0.519. The van der Waals surface area contributed by atoms with Gasteiger partial charge in [0, 0.05) is 18.3 Å². The van der Waals surface area contributed by atoms with Crippen LogP contribution in [-0.4, -0.2) is 41.1 Å². The van der Waals surface area contributed by atoms with E-state index in [0.29, 0.717) is 28.7 Å². The number of aromatic nitrogens is 2. The average molecular weight is 502 g/mol. The molecule has 1 aromatic heterocycles. The molecule has 0 bridgehead atoms. The highest BCUT2D eigenvalue weighted by atomic mass is 35.5. The number of halogens is 1. The third-order valence-corrected chi connectivity index (χ3v) is 6.29. The molecule has 0 fully saturated rings. The topological polar surface area (TPSA) is 74.9 Å². The quantitative estimate of drug-likeness (QED) is 0.203. The SMILES string of the molecule is CCCC(C)OC(=O)OCO/C(=C(\c1ccc(C(C)(C)C)cc1)C1C=N1)c1c(Cl)c(C)nn1CC. The van der Waals surface area contributed by atoms with Gasteiger partial charge in [0.15, 0.2) is 5.76 Å². The Kier molecular flexibility index (Phi) is 8.65. The molecule has 0 saturated carbocycles. The van der Waals surface area contributed by atoms with Crippen LogP contribution < -0.4 is 0 Å². The van der Waals surface area contributed by atoms with Gasteiger partial charge in [-0.25, -0.2) is 4.79 Å². The van der Waals surface area contributed by atoms with E-state index in [0.717, 1.165) is 24.0 Å². The molecule has 0 radical (unpaired) electrons. The Morgan fingerprint density at radius 3 is 2.37 bits per heavy atom. The summed E-state index contributed by atoms with van der Waals surface area (Å²) in [6.07, 6.45) is 2.54. The van der Waals surface area contributed by atoms with E-state index in [9.17, 15) is 4.79 Å². The Labute approximate surface area is 213 Å². The van der Waals surface area contributed by atoms with Crippen LogP contribution in [0.15, 0.2) is 29.3 Å². The van der Waals surface area contributed by atoms with Crippen LogP contribution in [0.4, 0.5) is 4.79 Å². The summed E-state index contributed by atoms with van der Waals surface area (Å²) < 4.78 is 18.4.